The van der Waals surface area contributed by atoms with Gasteiger partial charge in [-0.1, -0.05) is 0 Å². The molecule has 0 saturated carbocycles. The molecular formula is C14H16BrN5O. The minimum absolute atomic E-state index is 0.0811. The number of nitrogens with zero attached hydrogens (tertiary/aromatic N) is 5. The van der Waals surface area contributed by atoms with Crippen LogP contribution in [-0.4, -0.2) is 40.9 Å². The van der Waals surface area contributed by atoms with E-state index in [1.807, 2.05) is 12.1 Å². The molecule has 1 fully saturated rings. The molecule has 1 saturated heterocycles. The molecule has 110 valence electrons. The van der Waals surface area contributed by atoms with Gasteiger partial charge in [-0.3, -0.25) is 4.79 Å². The van der Waals surface area contributed by atoms with Crippen molar-refractivity contribution in [2.75, 3.05) is 36.0 Å². The number of hydrogen-bond acceptors (Lipinski definition) is 5. The first-order chi connectivity index (χ1) is 10.1. The van der Waals surface area contributed by atoms with E-state index in [2.05, 4.69) is 35.8 Å². The molecule has 6 nitrogen and oxygen atoms in total. The maximum absolute atomic E-state index is 11.7. The summed E-state index contributed by atoms with van der Waals surface area (Å²) in [6.07, 6.45) is 3.55. The van der Waals surface area contributed by atoms with Gasteiger partial charge in [-0.2, -0.15) is 5.10 Å². The number of hydrogen-bond donors (Lipinski definition) is 0. The van der Waals surface area contributed by atoms with E-state index in [9.17, 15) is 4.79 Å². The molecule has 0 amide bonds. The van der Waals surface area contributed by atoms with Crippen molar-refractivity contribution < 1.29 is 0 Å². The topological polar surface area (TPSA) is 54.3 Å². The number of anilines is 2. The standard InChI is InChI=1S/C14H16BrN5O/c1-18-13(21)9-11(10-17-18)19-5-7-20(8-6-19)14-12(15)3-2-4-16-14/h2-4,9-10H,5-8H2,1H3. The first-order valence-electron chi connectivity index (χ1n) is 6.79. The highest BCUT2D eigenvalue weighted by atomic mass is 79.9. The summed E-state index contributed by atoms with van der Waals surface area (Å²) in [5.41, 5.74) is 0.806. The van der Waals surface area contributed by atoms with Gasteiger partial charge in [-0.25, -0.2) is 9.67 Å². The van der Waals surface area contributed by atoms with Gasteiger partial charge in [0.25, 0.3) is 5.56 Å². The summed E-state index contributed by atoms with van der Waals surface area (Å²) in [5, 5.41) is 4.07. The Bertz CT molecular complexity index is 694. The molecule has 3 heterocycles. The second-order valence-electron chi connectivity index (χ2n) is 4.96. The molecule has 0 aromatic carbocycles. The van der Waals surface area contributed by atoms with Crippen molar-refractivity contribution in [3.63, 3.8) is 0 Å². The average molecular weight is 350 g/mol. The van der Waals surface area contributed by atoms with Gasteiger partial charge < -0.3 is 9.80 Å². The van der Waals surface area contributed by atoms with E-state index in [-0.39, 0.29) is 5.56 Å². The summed E-state index contributed by atoms with van der Waals surface area (Å²) in [4.78, 5) is 20.5. The molecule has 1 aliphatic heterocycles. The van der Waals surface area contributed by atoms with E-state index >= 15 is 0 Å². The quantitative estimate of drug-likeness (QED) is 0.817. The Morgan fingerprint density at radius 2 is 1.90 bits per heavy atom. The van der Waals surface area contributed by atoms with Gasteiger partial charge in [0.1, 0.15) is 5.82 Å². The van der Waals surface area contributed by atoms with Crippen LogP contribution in [0.15, 0.2) is 39.9 Å². The van der Waals surface area contributed by atoms with Crippen molar-refractivity contribution in [3.05, 3.63) is 45.4 Å². The second-order valence-corrected chi connectivity index (χ2v) is 5.81. The smallest absolute Gasteiger partial charge is 0.268 e. The van der Waals surface area contributed by atoms with Crippen molar-refractivity contribution in [1.82, 2.24) is 14.8 Å². The lowest BCUT2D eigenvalue weighted by Gasteiger charge is -2.36. The normalized spacial score (nSPS) is 15.3. The van der Waals surface area contributed by atoms with E-state index in [0.29, 0.717) is 0 Å². The van der Waals surface area contributed by atoms with E-state index in [1.54, 1.807) is 25.5 Å². The van der Waals surface area contributed by atoms with Crippen molar-refractivity contribution in [2.45, 2.75) is 0 Å². The molecule has 21 heavy (non-hydrogen) atoms. The number of rotatable bonds is 2. The number of aryl methyl sites for hydroxylation is 1. The van der Waals surface area contributed by atoms with Crippen LogP contribution in [0.4, 0.5) is 11.5 Å². The molecule has 7 heteroatoms. The Hall–Kier alpha value is -1.89. The summed E-state index contributed by atoms with van der Waals surface area (Å²) >= 11 is 3.54. The molecular weight excluding hydrogens is 334 g/mol. The Kier molecular flexibility index (Phi) is 3.92. The van der Waals surface area contributed by atoms with Crippen LogP contribution in [0, 0.1) is 0 Å². The summed E-state index contributed by atoms with van der Waals surface area (Å²) in [5.74, 6) is 0.972. The molecule has 0 spiro atoms. The number of piperazine rings is 1. The van der Waals surface area contributed by atoms with Crippen molar-refractivity contribution in [3.8, 4) is 0 Å². The molecule has 3 rings (SSSR count). The fourth-order valence-corrected chi connectivity index (χ4v) is 2.93. The van der Waals surface area contributed by atoms with Gasteiger partial charge in [-0.15, -0.1) is 0 Å². The number of pyridine rings is 1. The van der Waals surface area contributed by atoms with Crippen molar-refractivity contribution in [2.24, 2.45) is 7.05 Å². The fourth-order valence-electron chi connectivity index (χ4n) is 2.42. The lowest BCUT2D eigenvalue weighted by molar-refractivity contribution is 0.637. The SMILES string of the molecule is Cn1ncc(N2CCN(c3ncccc3Br)CC2)cc1=O. The van der Waals surface area contributed by atoms with E-state index < -0.39 is 0 Å². The third-order valence-electron chi connectivity index (χ3n) is 3.64. The molecule has 0 atom stereocenters. The molecule has 0 aliphatic carbocycles. The van der Waals surface area contributed by atoms with Crippen LogP contribution in [0.25, 0.3) is 0 Å². The lowest BCUT2D eigenvalue weighted by atomic mass is 10.2. The largest absolute Gasteiger partial charge is 0.367 e. The summed E-state index contributed by atoms with van der Waals surface area (Å²) in [6, 6.07) is 5.55. The van der Waals surface area contributed by atoms with Crippen LogP contribution in [-0.2, 0) is 7.05 Å². The highest BCUT2D eigenvalue weighted by Crippen LogP contribution is 2.24. The van der Waals surface area contributed by atoms with Gasteiger partial charge in [0.05, 0.1) is 16.4 Å². The van der Waals surface area contributed by atoms with E-state index in [4.69, 9.17) is 0 Å². The zero-order valence-electron chi connectivity index (χ0n) is 11.7. The maximum Gasteiger partial charge on any atom is 0.268 e. The van der Waals surface area contributed by atoms with Crippen LogP contribution in [0.1, 0.15) is 0 Å². The molecule has 0 radical (unpaired) electrons. The van der Waals surface area contributed by atoms with Crippen molar-refractivity contribution >= 4 is 27.4 Å². The Labute approximate surface area is 131 Å². The Balaban J connectivity index is 1.72. The molecule has 0 bridgehead atoms. The molecule has 0 N–H and O–H groups in total. The van der Waals surface area contributed by atoms with E-state index in [0.717, 1.165) is 42.2 Å². The van der Waals surface area contributed by atoms with Gasteiger partial charge in [0, 0.05) is 45.5 Å². The maximum atomic E-state index is 11.7. The average Bonchev–Trinajstić information content (AvgIpc) is 2.51. The zero-order valence-corrected chi connectivity index (χ0v) is 13.3. The van der Waals surface area contributed by atoms with Gasteiger partial charge in [0.2, 0.25) is 0 Å². The number of aromatic nitrogens is 3. The highest BCUT2D eigenvalue weighted by Gasteiger charge is 2.20. The van der Waals surface area contributed by atoms with Gasteiger partial charge in [-0.05, 0) is 28.1 Å². The minimum atomic E-state index is -0.0811. The Morgan fingerprint density at radius 3 is 2.57 bits per heavy atom. The summed E-state index contributed by atoms with van der Waals surface area (Å²) in [7, 11) is 1.66. The third kappa shape index (κ3) is 2.92. The molecule has 0 unspecified atom stereocenters. The van der Waals surface area contributed by atoms with Crippen LogP contribution >= 0.6 is 15.9 Å². The fraction of sp³-hybridized carbons (Fsp3) is 0.357. The molecule has 2 aromatic heterocycles. The Morgan fingerprint density at radius 1 is 1.19 bits per heavy atom. The summed E-state index contributed by atoms with van der Waals surface area (Å²) in [6.45, 7) is 3.42. The monoisotopic (exact) mass is 349 g/mol. The van der Waals surface area contributed by atoms with E-state index in [1.165, 1.54) is 4.68 Å². The predicted octanol–water partition coefficient (Wildman–Crippen LogP) is 1.26. The van der Waals surface area contributed by atoms with Crippen LogP contribution in [0.2, 0.25) is 0 Å². The van der Waals surface area contributed by atoms with Crippen molar-refractivity contribution in [1.29, 1.82) is 0 Å². The lowest BCUT2D eigenvalue weighted by Crippen LogP contribution is -2.47. The third-order valence-corrected chi connectivity index (χ3v) is 4.26. The first kappa shape index (κ1) is 14.1. The highest BCUT2D eigenvalue weighted by molar-refractivity contribution is 9.10. The predicted molar refractivity (Wildman–Crippen MR) is 85.8 cm³/mol. The molecule has 1 aliphatic rings. The van der Waals surface area contributed by atoms with Crippen LogP contribution in [0.3, 0.4) is 0 Å². The number of halogens is 1. The zero-order chi connectivity index (χ0) is 14.8. The van der Waals surface area contributed by atoms with Crippen LogP contribution in [0.5, 0.6) is 0 Å². The van der Waals surface area contributed by atoms with Crippen LogP contribution < -0.4 is 15.4 Å². The van der Waals surface area contributed by atoms with Gasteiger partial charge >= 0.3 is 0 Å². The first-order valence-corrected chi connectivity index (χ1v) is 7.58. The molecule has 2 aromatic rings. The summed E-state index contributed by atoms with van der Waals surface area (Å²) < 4.78 is 2.35. The second kappa shape index (κ2) is 5.85. The van der Waals surface area contributed by atoms with Gasteiger partial charge in [0.15, 0.2) is 0 Å². The minimum Gasteiger partial charge on any atom is -0.367 e.